The van der Waals surface area contributed by atoms with Gasteiger partial charge >= 0.3 is 0 Å². The SMILES string of the molecule is N#CC1=C(c2cc(F)c(O)c(F)c2)C2C(=NO)CCC2C1. The molecule has 108 valence electrons. The van der Waals surface area contributed by atoms with E-state index in [0.29, 0.717) is 29.7 Å². The van der Waals surface area contributed by atoms with E-state index in [-0.39, 0.29) is 17.4 Å². The molecule has 0 aliphatic heterocycles. The minimum atomic E-state index is -1.07. The average Bonchev–Trinajstić information content (AvgIpc) is 3.01. The highest BCUT2D eigenvalue weighted by atomic mass is 19.1. The zero-order valence-corrected chi connectivity index (χ0v) is 11.0. The molecule has 2 atom stereocenters. The number of fused-ring (bicyclic) bond motifs is 1. The summed E-state index contributed by atoms with van der Waals surface area (Å²) in [4.78, 5) is 0. The molecule has 2 aliphatic carbocycles. The molecule has 0 saturated heterocycles. The number of nitrogens with zero attached hydrogens (tertiary/aromatic N) is 2. The zero-order valence-electron chi connectivity index (χ0n) is 11.0. The Balaban J connectivity index is 2.17. The van der Waals surface area contributed by atoms with Crippen LogP contribution in [0.5, 0.6) is 5.75 Å². The van der Waals surface area contributed by atoms with Gasteiger partial charge in [0.1, 0.15) is 0 Å². The van der Waals surface area contributed by atoms with E-state index in [1.54, 1.807) is 0 Å². The number of rotatable bonds is 1. The van der Waals surface area contributed by atoms with Crippen LogP contribution < -0.4 is 0 Å². The fraction of sp³-hybridized carbons (Fsp3) is 0.333. The molecule has 4 nitrogen and oxygen atoms in total. The van der Waals surface area contributed by atoms with Gasteiger partial charge in [0.05, 0.1) is 11.8 Å². The molecule has 0 radical (unpaired) electrons. The van der Waals surface area contributed by atoms with E-state index >= 15 is 0 Å². The Morgan fingerprint density at radius 2 is 1.95 bits per heavy atom. The summed E-state index contributed by atoms with van der Waals surface area (Å²) in [6.45, 7) is 0. The number of hydrogen-bond donors (Lipinski definition) is 2. The second-order valence-electron chi connectivity index (χ2n) is 5.36. The summed E-state index contributed by atoms with van der Waals surface area (Å²) in [5.41, 5.74) is 1.71. The number of phenols is 1. The first kappa shape index (κ1) is 13.6. The maximum Gasteiger partial charge on any atom is 0.187 e. The van der Waals surface area contributed by atoms with Crippen LogP contribution in [0.1, 0.15) is 24.8 Å². The molecule has 3 rings (SSSR count). The second-order valence-corrected chi connectivity index (χ2v) is 5.36. The van der Waals surface area contributed by atoms with Crippen molar-refractivity contribution in [2.75, 3.05) is 0 Å². The first-order valence-corrected chi connectivity index (χ1v) is 6.59. The van der Waals surface area contributed by atoms with Crippen molar-refractivity contribution in [3.63, 3.8) is 0 Å². The topological polar surface area (TPSA) is 76.6 Å². The zero-order chi connectivity index (χ0) is 15.1. The summed E-state index contributed by atoms with van der Waals surface area (Å²) in [5.74, 6) is -3.33. The van der Waals surface area contributed by atoms with Gasteiger partial charge < -0.3 is 10.3 Å². The predicted molar refractivity (Wildman–Crippen MR) is 70.6 cm³/mol. The van der Waals surface area contributed by atoms with E-state index < -0.39 is 17.4 Å². The summed E-state index contributed by atoms with van der Waals surface area (Å²) in [5, 5.41) is 30.8. The lowest BCUT2D eigenvalue weighted by molar-refractivity contribution is 0.315. The van der Waals surface area contributed by atoms with E-state index in [0.717, 1.165) is 18.6 Å². The van der Waals surface area contributed by atoms with Crippen molar-refractivity contribution in [3.8, 4) is 11.8 Å². The van der Waals surface area contributed by atoms with Crippen LogP contribution >= 0.6 is 0 Å². The van der Waals surface area contributed by atoms with Crippen LogP contribution in [0, 0.1) is 34.8 Å². The van der Waals surface area contributed by atoms with E-state index in [1.165, 1.54) is 0 Å². The number of halogens is 2. The van der Waals surface area contributed by atoms with Gasteiger partial charge in [-0.2, -0.15) is 5.26 Å². The lowest BCUT2D eigenvalue weighted by Gasteiger charge is -2.15. The largest absolute Gasteiger partial charge is 0.503 e. The van der Waals surface area contributed by atoms with Crippen LogP contribution in [-0.4, -0.2) is 16.0 Å². The predicted octanol–water partition coefficient (Wildman–Crippen LogP) is 3.21. The van der Waals surface area contributed by atoms with E-state index in [4.69, 9.17) is 5.21 Å². The first-order valence-electron chi connectivity index (χ1n) is 6.59. The summed E-state index contributed by atoms with van der Waals surface area (Å²) in [6.07, 6.45) is 1.90. The number of aromatic hydroxyl groups is 1. The van der Waals surface area contributed by atoms with Gasteiger partial charge in [-0.15, -0.1) is 0 Å². The lowest BCUT2D eigenvalue weighted by atomic mass is 9.89. The Kier molecular flexibility index (Phi) is 3.13. The molecule has 21 heavy (non-hydrogen) atoms. The maximum atomic E-state index is 13.6. The van der Waals surface area contributed by atoms with E-state index in [2.05, 4.69) is 11.2 Å². The summed E-state index contributed by atoms with van der Waals surface area (Å²) in [6, 6.07) is 4.10. The maximum absolute atomic E-state index is 13.6. The Morgan fingerprint density at radius 3 is 2.52 bits per heavy atom. The minimum Gasteiger partial charge on any atom is -0.503 e. The van der Waals surface area contributed by atoms with E-state index in [1.807, 2.05) is 0 Å². The smallest absolute Gasteiger partial charge is 0.187 e. The molecule has 1 fully saturated rings. The van der Waals surface area contributed by atoms with Gasteiger partial charge in [-0.3, -0.25) is 0 Å². The molecule has 0 bridgehead atoms. The molecule has 0 aromatic heterocycles. The highest BCUT2D eigenvalue weighted by Crippen LogP contribution is 2.50. The van der Waals surface area contributed by atoms with Gasteiger partial charge in [0.25, 0.3) is 0 Å². The van der Waals surface area contributed by atoms with Gasteiger partial charge in [0, 0.05) is 11.5 Å². The number of nitriles is 1. The summed E-state index contributed by atoms with van der Waals surface area (Å²) >= 11 is 0. The Hall–Kier alpha value is -2.42. The van der Waals surface area contributed by atoms with Crippen molar-refractivity contribution < 1.29 is 19.1 Å². The van der Waals surface area contributed by atoms with Crippen LogP contribution in [0.3, 0.4) is 0 Å². The first-order chi connectivity index (χ1) is 10.1. The number of hydrogen-bond acceptors (Lipinski definition) is 4. The Morgan fingerprint density at radius 1 is 1.29 bits per heavy atom. The fourth-order valence-corrected chi connectivity index (χ4v) is 3.40. The molecule has 0 heterocycles. The van der Waals surface area contributed by atoms with Crippen LogP contribution in [0.15, 0.2) is 22.9 Å². The standard InChI is InChI=1S/C15H12F2N2O2/c16-10-4-8(5-11(17)15(10)20)13-9(6-18)3-7-1-2-12(19-21)14(7)13/h4-5,7,14,20-21H,1-3H2. The van der Waals surface area contributed by atoms with Gasteiger partial charge in [-0.1, -0.05) is 5.16 Å². The van der Waals surface area contributed by atoms with Crippen molar-refractivity contribution in [2.45, 2.75) is 19.3 Å². The number of allylic oxidation sites excluding steroid dienone is 2. The number of benzene rings is 1. The Labute approximate surface area is 119 Å². The second kappa shape index (κ2) is 4.85. The minimum absolute atomic E-state index is 0.125. The molecule has 0 spiro atoms. The fourth-order valence-electron chi connectivity index (χ4n) is 3.40. The van der Waals surface area contributed by atoms with Gasteiger partial charge in [-0.25, -0.2) is 8.78 Å². The summed E-state index contributed by atoms with van der Waals surface area (Å²) < 4.78 is 27.1. The van der Waals surface area contributed by atoms with Gasteiger partial charge in [0.2, 0.25) is 0 Å². The van der Waals surface area contributed by atoms with Crippen molar-refractivity contribution in [1.82, 2.24) is 0 Å². The van der Waals surface area contributed by atoms with Gasteiger partial charge in [0.15, 0.2) is 17.4 Å². The molecule has 0 amide bonds. The summed E-state index contributed by atoms with van der Waals surface area (Å²) in [7, 11) is 0. The van der Waals surface area contributed by atoms with Crippen molar-refractivity contribution in [3.05, 3.63) is 34.9 Å². The molecule has 6 heteroatoms. The third-order valence-electron chi connectivity index (χ3n) is 4.30. The number of phenolic OH excluding ortho intramolecular Hbond substituents is 1. The van der Waals surface area contributed by atoms with Crippen molar-refractivity contribution >= 4 is 11.3 Å². The van der Waals surface area contributed by atoms with Crippen LogP contribution in [0.4, 0.5) is 8.78 Å². The third kappa shape index (κ3) is 1.97. The third-order valence-corrected chi connectivity index (χ3v) is 4.30. The molecule has 2 unspecified atom stereocenters. The molecule has 1 aromatic rings. The van der Waals surface area contributed by atoms with E-state index in [9.17, 15) is 19.1 Å². The van der Waals surface area contributed by atoms with Crippen LogP contribution in [0.2, 0.25) is 0 Å². The van der Waals surface area contributed by atoms with Gasteiger partial charge in [-0.05, 0) is 48.4 Å². The molecular weight excluding hydrogens is 278 g/mol. The Bertz CT molecular complexity index is 696. The average molecular weight is 290 g/mol. The highest BCUT2D eigenvalue weighted by Gasteiger charge is 2.43. The quantitative estimate of drug-likeness (QED) is 0.616. The highest BCUT2D eigenvalue weighted by molar-refractivity contribution is 6.01. The molecule has 1 saturated carbocycles. The van der Waals surface area contributed by atoms with Crippen molar-refractivity contribution in [1.29, 1.82) is 5.26 Å². The molecule has 2 N–H and O–H groups in total. The molecule has 1 aromatic carbocycles. The van der Waals surface area contributed by atoms with Crippen molar-refractivity contribution in [2.24, 2.45) is 17.0 Å². The van der Waals surface area contributed by atoms with Crippen LogP contribution in [0.25, 0.3) is 5.57 Å². The normalized spacial score (nSPS) is 26.2. The monoisotopic (exact) mass is 290 g/mol. The molecular formula is C15H12F2N2O2. The number of oxime groups is 1. The van der Waals surface area contributed by atoms with Crippen LogP contribution in [-0.2, 0) is 0 Å². The molecule has 2 aliphatic rings. The lowest BCUT2D eigenvalue weighted by Crippen LogP contribution is -2.12.